The molecule has 3 atom stereocenters. The van der Waals surface area contributed by atoms with Crippen LogP contribution in [0.5, 0.6) is 0 Å². The van der Waals surface area contributed by atoms with E-state index < -0.39 is 6.10 Å². The predicted octanol–water partition coefficient (Wildman–Crippen LogP) is 3.24. The highest BCUT2D eigenvalue weighted by molar-refractivity contribution is 7.07. The second kappa shape index (κ2) is 6.71. The summed E-state index contributed by atoms with van der Waals surface area (Å²) in [5.74, 6) is 0. The molecule has 112 valence electrons. The van der Waals surface area contributed by atoms with Crippen LogP contribution >= 0.6 is 11.3 Å². The molecule has 1 fully saturated rings. The van der Waals surface area contributed by atoms with Gasteiger partial charge in [-0.2, -0.15) is 11.3 Å². The summed E-state index contributed by atoms with van der Waals surface area (Å²) in [6.45, 7) is 4.45. The highest BCUT2D eigenvalue weighted by atomic mass is 32.1. The average Bonchev–Trinajstić information content (AvgIpc) is 3.02. The van der Waals surface area contributed by atoms with Crippen molar-refractivity contribution >= 4 is 11.3 Å². The average molecular weight is 303 g/mol. The highest BCUT2D eigenvalue weighted by Crippen LogP contribution is 2.28. The van der Waals surface area contributed by atoms with Gasteiger partial charge in [-0.3, -0.25) is 4.90 Å². The first-order valence-electron chi connectivity index (χ1n) is 7.35. The highest BCUT2D eigenvalue weighted by Gasteiger charge is 2.28. The Morgan fingerprint density at radius 3 is 2.81 bits per heavy atom. The van der Waals surface area contributed by atoms with Crippen LogP contribution in [0.2, 0.25) is 0 Å². The molecule has 3 rings (SSSR count). The summed E-state index contributed by atoms with van der Waals surface area (Å²) in [5, 5.41) is 14.6. The smallest absolute Gasteiger partial charge is 0.0964 e. The second-order valence-corrected chi connectivity index (χ2v) is 6.42. The second-order valence-electron chi connectivity index (χ2n) is 5.64. The normalized spacial score (nSPS) is 24.9. The molecular weight excluding hydrogens is 282 g/mol. The molecule has 0 radical (unpaired) electrons. The van der Waals surface area contributed by atoms with Crippen LogP contribution in [-0.4, -0.2) is 35.7 Å². The Labute approximate surface area is 129 Å². The molecule has 0 amide bonds. The minimum absolute atomic E-state index is 0.114. The van der Waals surface area contributed by atoms with Crippen LogP contribution < -0.4 is 0 Å². The maximum absolute atomic E-state index is 10.4. The van der Waals surface area contributed by atoms with Crippen LogP contribution in [0.1, 0.15) is 30.3 Å². The SMILES string of the molecule is CC1CN(C[C@@H](O)c2ccccc2)CC(c2ccsc2)O1. The number of benzene rings is 1. The van der Waals surface area contributed by atoms with Crippen LogP contribution in [-0.2, 0) is 4.74 Å². The molecule has 3 nitrogen and oxygen atoms in total. The molecule has 0 bridgehead atoms. The van der Waals surface area contributed by atoms with Crippen molar-refractivity contribution in [2.24, 2.45) is 0 Å². The van der Waals surface area contributed by atoms with Crippen molar-refractivity contribution in [2.75, 3.05) is 19.6 Å². The fourth-order valence-electron chi connectivity index (χ4n) is 2.86. The van der Waals surface area contributed by atoms with Gasteiger partial charge in [0.25, 0.3) is 0 Å². The zero-order valence-corrected chi connectivity index (χ0v) is 13.0. The van der Waals surface area contributed by atoms with Crippen LogP contribution in [0.15, 0.2) is 47.2 Å². The van der Waals surface area contributed by atoms with Crippen molar-refractivity contribution in [3.63, 3.8) is 0 Å². The van der Waals surface area contributed by atoms with E-state index in [0.717, 1.165) is 18.7 Å². The van der Waals surface area contributed by atoms with E-state index in [-0.39, 0.29) is 12.2 Å². The molecule has 1 aromatic heterocycles. The molecule has 1 saturated heterocycles. The lowest BCUT2D eigenvalue weighted by molar-refractivity contribution is -0.0868. The van der Waals surface area contributed by atoms with Crippen LogP contribution in [0.4, 0.5) is 0 Å². The number of thiophene rings is 1. The minimum Gasteiger partial charge on any atom is -0.387 e. The molecule has 1 aliphatic heterocycles. The summed E-state index contributed by atoms with van der Waals surface area (Å²) in [4.78, 5) is 2.30. The van der Waals surface area contributed by atoms with E-state index in [1.54, 1.807) is 11.3 Å². The number of morpholine rings is 1. The molecule has 21 heavy (non-hydrogen) atoms. The molecule has 1 N–H and O–H groups in total. The Balaban J connectivity index is 1.65. The Kier molecular flexibility index (Phi) is 4.70. The molecular formula is C17H21NO2S. The Bertz CT molecular complexity index is 543. The van der Waals surface area contributed by atoms with Crippen molar-refractivity contribution < 1.29 is 9.84 Å². The quantitative estimate of drug-likeness (QED) is 0.941. The van der Waals surface area contributed by atoms with Crippen molar-refractivity contribution in [3.8, 4) is 0 Å². The van der Waals surface area contributed by atoms with Gasteiger partial charge in [0.1, 0.15) is 0 Å². The largest absolute Gasteiger partial charge is 0.387 e. The lowest BCUT2D eigenvalue weighted by Crippen LogP contribution is -2.44. The van der Waals surface area contributed by atoms with E-state index >= 15 is 0 Å². The molecule has 4 heteroatoms. The van der Waals surface area contributed by atoms with Crippen molar-refractivity contribution in [1.29, 1.82) is 0 Å². The van der Waals surface area contributed by atoms with E-state index in [0.29, 0.717) is 6.54 Å². The zero-order chi connectivity index (χ0) is 14.7. The standard InChI is InChI=1S/C17H21NO2S/c1-13-9-18(10-16(19)14-5-3-2-4-6-14)11-17(20-13)15-7-8-21-12-15/h2-8,12-13,16-17,19H,9-11H2,1H3/t13?,16-,17?/m1/s1. The van der Waals surface area contributed by atoms with Gasteiger partial charge in [0.15, 0.2) is 0 Å². The Morgan fingerprint density at radius 1 is 1.29 bits per heavy atom. The van der Waals surface area contributed by atoms with Gasteiger partial charge >= 0.3 is 0 Å². The van der Waals surface area contributed by atoms with Gasteiger partial charge in [-0.05, 0) is 34.9 Å². The molecule has 0 saturated carbocycles. The molecule has 0 spiro atoms. The molecule has 2 aromatic rings. The number of hydrogen-bond donors (Lipinski definition) is 1. The van der Waals surface area contributed by atoms with Gasteiger partial charge < -0.3 is 9.84 Å². The number of nitrogens with zero attached hydrogens (tertiary/aromatic N) is 1. The van der Waals surface area contributed by atoms with Crippen LogP contribution in [0.3, 0.4) is 0 Å². The molecule has 1 aromatic carbocycles. The lowest BCUT2D eigenvalue weighted by Gasteiger charge is -2.37. The van der Waals surface area contributed by atoms with Crippen molar-refractivity contribution in [1.82, 2.24) is 4.90 Å². The first kappa shape index (κ1) is 14.7. The third-order valence-corrected chi connectivity index (χ3v) is 4.57. The summed E-state index contributed by atoms with van der Waals surface area (Å²) < 4.78 is 6.03. The summed E-state index contributed by atoms with van der Waals surface area (Å²) >= 11 is 1.70. The lowest BCUT2D eigenvalue weighted by atomic mass is 10.1. The first-order valence-corrected chi connectivity index (χ1v) is 8.29. The van der Waals surface area contributed by atoms with Gasteiger partial charge in [0.05, 0.1) is 18.3 Å². The number of aliphatic hydroxyl groups is 1. The Hall–Kier alpha value is -1.20. The van der Waals surface area contributed by atoms with E-state index in [1.165, 1.54) is 5.56 Å². The topological polar surface area (TPSA) is 32.7 Å². The number of aliphatic hydroxyl groups excluding tert-OH is 1. The molecule has 1 aliphatic rings. The van der Waals surface area contributed by atoms with Crippen LogP contribution in [0, 0.1) is 0 Å². The van der Waals surface area contributed by atoms with E-state index in [2.05, 4.69) is 28.7 Å². The predicted molar refractivity (Wildman–Crippen MR) is 85.4 cm³/mol. The monoisotopic (exact) mass is 303 g/mol. The van der Waals surface area contributed by atoms with Gasteiger partial charge in [-0.1, -0.05) is 30.3 Å². The number of ether oxygens (including phenoxy) is 1. The summed E-state index contributed by atoms with van der Waals surface area (Å²) in [5.41, 5.74) is 2.22. The van der Waals surface area contributed by atoms with Crippen LogP contribution in [0.25, 0.3) is 0 Å². The van der Waals surface area contributed by atoms with Gasteiger partial charge in [-0.25, -0.2) is 0 Å². The summed E-state index contributed by atoms with van der Waals surface area (Å²) in [6, 6.07) is 12.0. The van der Waals surface area contributed by atoms with E-state index in [1.807, 2.05) is 30.3 Å². The van der Waals surface area contributed by atoms with Gasteiger partial charge in [0, 0.05) is 19.6 Å². The maximum atomic E-state index is 10.4. The maximum Gasteiger partial charge on any atom is 0.0964 e. The van der Waals surface area contributed by atoms with Crippen molar-refractivity contribution in [2.45, 2.75) is 25.2 Å². The van der Waals surface area contributed by atoms with Gasteiger partial charge in [0.2, 0.25) is 0 Å². The van der Waals surface area contributed by atoms with E-state index in [9.17, 15) is 5.11 Å². The third-order valence-electron chi connectivity index (χ3n) is 3.87. The third kappa shape index (κ3) is 3.71. The Morgan fingerprint density at radius 2 is 2.10 bits per heavy atom. The van der Waals surface area contributed by atoms with Gasteiger partial charge in [-0.15, -0.1) is 0 Å². The number of hydrogen-bond acceptors (Lipinski definition) is 4. The summed E-state index contributed by atoms with van der Waals surface area (Å²) in [7, 11) is 0. The molecule has 0 aliphatic carbocycles. The first-order chi connectivity index (χ1) is 10.2. The fraction of sp³-hybridized carbons (Fsp3) is 0.412. The zero-order valence-electron chi connectivity index (χ0n) is 12.2. The molecule has 2 heterocycles. The number of rotatable bonds is 4. The van der Waals surface area contributed by atoms with Crippen molar-refractivity contribution in [3.05, 3.63) is 58.3 Å². The molecule has 2 unspecified atom stereocenters. The number of β-amino-alcohol motifs (C(OH)–C–C–N with tert-alkyl or cyclic N) is 1. The van der Waals surface area contributed by atoms with E-state index in [4.69, 9.17) is 4.74 Å². The minimum atomic E-state index is -0.445. The fourth-order valence-corrected chi connectivity index (χ4v) is 3.56. The summed E-state index contributed by atoms with van der Waals surface area (Å²) in [6.07, 6.45) is -0.144.